The van der Waals surface area contributed by atoms with Gasteiger partial charge < -0.3 is 5.73 Å². The van der Waals surface area contributed by atoms with Gasteiger partial charge in [0.2, 0.25) is 0 Å². The lowest BCUT2D eigenvalue weighted by atomic mass is 10.1. The predicted octanol–water partition coefficient (Wildman–Crippen LogP) is 1.66. The predicted molar refractivity (Wildman–Crippen MR) is 46.2 cm³/mol. The molecule has 2 nitrogen and oxygen atoms in total. The van der Waals surface area contributed by atoms with Crippen molar-refractivity contribution >= 4 is 0 Å². The smallest absolute Gasteiger partial charge is 0.0570 e. The highest BCUT2D eigenvalue weighted by Crippen LogP contribution is 2.08. The van der Waals surface area contributed by atoms with Crippen LogP contribution in [0.4, 0.5) is 0 Å². The van der Waals surface area contributed by atoms with E-state index in [1.165, 1.54) is 5.56 Å². The zero-order chi connectivity index (χ0) is 8.27. The zero-order valence-electron chi connectivity index (χ0n) is 7.04. The van der Waals surface area contributed by atoms with E-state index < -0.39 is 0 Å². The van der Waals surface area contributed by atoms with Crippen LogP contribution in [-0.2, 0) is 6.42 Å². The summed E-state index contributed by atoms with van der Waals surface area (Å²) in [5.41, 5.74) is 7.95. The van der Waals surface area contributed by atoms with Gasteiger partial charge in [0, 0.05) is 12.2 Å². The molecule has 0 aliphatic carbocycles. The molecule has 60 valence electrons. The first-order chi connectivity index (χ1) is 5.24. The van der Waals surface area contributed by atoms with E-state index in [9.17, 15) is 0 Å². The Morgan fingerprint density at radius 3 is 2.91 bits per heavy atom. The molecule has 0 bridgehead atoms. The molecule has 1 aromatic rings. The summed E-state index contributed by atoms with van der Waals surface area (Å²) in [5, 5.41) is 0. The van der Waals surface area contributed by atoms with Crippen LogP contribution in [0.2, 0.25) is 0 Å². The van der Waals surface area contributed by atoms with Gasteiger partial charge in [0.15, 0.2) is 0 Å². The second-order valence-electron chi connectivity index (χ2n) is 2.73. The van der Waals surface area contributed by atoms with Gasteiger partial charge in [-0.1, -0.05) is 6.92 Å². The van der Waals surface area contributed by atoms with Crippen LogP contribution in [0, 0.1) is 0 Å². The first kappa shape index (κ1) is 8.21. The molecule has 0 radical (unpaired) electrons. The minimum atomic E-state index is 0.0431. The SMILES string of the molecule is CCc1ccnc(C(C)N)c1. The molecular formula is C9H14N2. The van der Waals surface area contributed by atoms with E-state index in [1.54, 1.807) is 0 Å². The van der Waals surface area contributed by atoms with Crippen LogP contribution in [0.3, 0.4) is 0 Å². The van der Waals surface area contributed by atoms with Crippen LogP contribution in [0.15, 0.2) is 18.3 Å². The highest BCUT2D eigenvalue weighted by molar-refractivity contribution is 5.17. The van der Waals surface area contributed by atoms with E-state index in [1.807, 2.05) is 19.2 Å². The van der Waals surface area contributed by atoms with Crippen molar-refractivity contribution in [3.05, 3.63) is 29.6 Å². The summed E-state index contributed by atoms with van der Waals surface area (Å²) in [6.07, 6.45) is 2.86. The van der Waals surface area contributed by atoms with Crippen molar-refractivity contribution in [1.82, 2.24) is 4.98 Å². The topological polar surface area (TPSA) is 38.9 Å². The molecule has 0 fully saturated rings. The number of aryl methyl sites for hydroxylation is 1. The Morgan fingerprint density at radius 2 is 2.36 bits per heavy atom. The van der Waals surface area contributed by atoms with Crippen molar-refractivity contribution in [3.63, 3.8) is 0 Å². The number of hydrogen-bond donors (Lipinski definition) is 1. The molecule has 1 aromatic heterocycles. The van der Waals surface area contributed by atoms with Crippen molar-refractivity contribution in [2.75, 3.05) is 0 Å². The Kier molecular flexibility index (Phi) is 2.60. The monoisotopic (exact) mass is 150 g/mol. The molecule has 0 amide bonds. The largest absolute Gasteiger partial charge is 0.323 e. The molecule has 0 aliphatic rings. The molecule has 1 unspecified atom stereocenters. The van der Waals surface area contributed by atoms with Crippen molar-refractivity contribution < 1.29 is 0 Å². The number of pyridine rings is 1. The number of nitrogens with two attached hydrogens (primary N) is 1. The van der Waals surface area contributed by atoms with Crippen LogP contribution in [0.1, 0.15) is 31.1 Å². The van der Waals surface area contributed by atoms with Gasteiger partial charge in [0.1, 0.15) is 0 Å². The molecule has 1 heterocycles. The van der Waals surface area contributed by atoms with Crippen molar-refractivity contribution in [3.8, 4) is 0 Å². The summed E-state index contributed by atoms with van der Waals surface area (Å²) in [6, 6.07) is 4.12. The number of aromatic nitrogens is 1. The van der Waals surface area contributed by atoms with Gasteiger partial charge >= 0.3 is 0 Å². The second-order valence-corrected chi connectivity index (χ2v) is 2.73. The van der Waals surface area contributed by atoms with Crippen LogP contribution >= 0.6 is 0 Å². The Balaban J connectivity index is 2.91. The molecule has 2 heteroatoms. The molecule has 0 saturated carbocycles. The maximum Gasteiger partial charge on any atom is 0.0570 e. The Bertz CT molecular complexity index is 231. The number of nitrogens with zero attached hydrogens (tertiary/aromatic N) is 1. The summed E-state index contributed by atoms with van der Waals surface area (Å²) in [7, 11) is 0. The lowest BCUT2D eigenvalue weighted by Gasteiger charge is -2.04. The summed E-state index contributed by atoms with van der Waals surface area (Å²) in [6.45, 7) is 4.07. The molecule has 1 rings (SSSR count). The maximum absolute atomic E-state index is 5.67. The standard InChI is InChI=1S/C9H14N2/c1-3-8-4-5-11-9(6-8)7(2)10/h4-7H,3,10H2,1-2H3. The molecule has 11 heavy (non-hydrogen) atoms. The number of hydrogen-bond acceptors (Lipinski definition) is 2. The van der Waals surface area contributed by atoms with Gasteiger partial charge in [-0.3, -0.25) is 4.98 Å². The zero-order valence-corrected chi connectivity index (χ0v) is 7.04. The minimum Gasteiger partial charge on any atom is -0.323 e. The fourth-order valence-corrected chi connectivity index (χ4v) is 0.963. The summed E-state index contributed by atoms with van der Waals surface area (Å²) in [4.78, 5) is 4.16. The van der Waals surface area contributed by atoms with Gasteiger partial charge in [-0.05, 0) is 31.0 Å². The Morgan fingerprint density at radius 1 is 1.64 bits per heavy atom. The van der Waals surface area contributed by atoms with E-state index in [0.717, 1.165) is 12.1 Å². The second kappa shape index (κ2) is 3.49. The molecule has 2 N–H and O–H groups in total. The van der Waals surface area contributed by atoms with Crippen molar-refractivity contribution in [1.29, 1.82) is 0 Å². The van der Waals surface area contributed by atoms with Crippen molar-refractivity contribution in [2.45, 2.75) is 26.3 Å². The van der Waals surface area contributed by atoms with E-state index in [4.69, 9.17) is 5.73 Å². The lowest BCUT2D eigenvalue weighted by Crippen LogP contribution is -2.07. The molecular weight excluding hydrogens is 136 g/mol. The molecule has 1 atom stereocenters. The third-order valence-corrected chi connectivity index (χ3v) is 1.72. The summed E-state index contributed by atoms with van der Waals surface area (Å²) in [5.74, 6) is 0. The minimum absolute atomic E-state index is 0.0431. The lowest BCUT2D eigenvalue weighted by molar-refractivity contribution is 0.777. The first-order valence-electron chi connectivity index (χ1n) is 3.94. The average Bonchev–Trinajstić information content (AvgIpc) is 2.05. The molecule has 0 spiro atoms. The first-order valence-corrected chi connectivity index (χ1v) is 3.94. The molecule has 0 aliphatic heterocycles. The van der Waals surface area contributed by atoms with Gasteiger partial charge in [0.25, 0.3) is 0 Å². The summed E-state index contributed by atoms with van der Waals surface area (Å²) < 4.78 is 0. The highest BCUT2D eigenvalue weighted by atomic mass is 14.7. The van der Waals surface area contributed by atoms with Gasteiger partial charge in [-0.2, -0.15) is 0 Å². The Hall–Kier alpha value is -0.890. The normalized spacial score (nSPS) is 13.0. The van der Waals surface area contributed by atoms with E-state index in [2.05, 4.69) is 18.0 Å². The van der Waals surface area contributed by atoms with Crippen LogP contribution in [0.5, 0.6) is 0 Å². The van der Waals surface area contributed by atoms with E-state index in [0.29, 0.717) is 0 Å². The summed E-state index contributed by atoms with van der Waals surface area (Å²) >= 11 is 0. The van der Waals surface area contributed by atoms with E-state index in [-0.39, 0.29) is 6.04 Å². The fourth-order valence-electron chi connectivity index (χ4n) is 0.963. The van der Waals surface area contributed by atoms with Crippen LogP contribution in [-0.4, -0.2) is 4.98 Å². The third kappa shape index (κ3) is 2.02. The molecule has 0 saturated heterocycles. The quantitative estimate of drug-likeness (QED) is 0.696. The number of rotatable bonds is 2. The highest BCUT2D eigenvalue weighted by Gasteiger charge is 1.99. The third-order valence-electron chi connectivity index (χ3n) is 1.72. The van der Waals surface area contributed by atoms with Crippen LogP contribution in [0.25, 0.3) is 0 Å². The Labute approximate surface area is 67.5 Å². The van der Waals surface area contributed by atoms with Gasteiger partial charge in [-0.25, -0.2) is 0 Å². The van der Waals surface area contributed by atoms with Crippen molar-refractivity contribution in [2.24, 2.45) is 5.73 Å². The van der Waals surface area contributed by atoms with E-state index >= 15 is 0 Å². The fraction of sp³-hybridized carbons (Fsp3) is 0.444. The average molecular weight is 150 g/mol. The van der Waals surface area contributed by atoms with Crippen LogP contribution < -0.4 is 5.73 Å². The van der Waals surface area contributed by atoms with Gasteiger partial charge in [0.05, 0.1) is 5.69 Å². The molecule has 0 aromatic carbocycles. The van der Waals surface area contributed by atoms with Gasteiger partial charge in [-0.15, -0.1) is 0 Å². The maximum atomic E-state index is 5.67.